The van der Waals surface area contributed by atoms with Crippen LogP contribution in [-0.4, -0.2) is 27.5 Å². The molecule has 0 spiro atoms. The number of carbonyl (C=O) groups excluding carboxylic acids is 2. The van der Waals surface area contributed by atoms with Crippen LogP contribution < -0.4 is 10.7 Å². The van der Waals surface area contributed by atoms with Gasteiger partial charge in [-0.3, -0.25) is 19.6 Å². The van der Waals surface area contributed by atoms with E-state index in [9.17, 15) is 9.59 Å². The third-order valence-electron chi connectivity index (χ3n) is 2.90. The molecule has 2 heterocycles. The van der Waals surface area contributed by atoms with Gasteiger partial charge < -0.3 is 5.32 Å². The number of amides is 2. The number of aromatic nitrogens is 2. The fraction of sp³-hybridized carbons (Fsp3) is 0.188. The Hall–Kier alpha value is -3.09. The summed E-state index contributed by atoms with van der Waals surface area (Å²) in [5.41, 5.74) is 4.23. The van der Waals surface area contributed by atoms with Crippen molar-refractivity contribution in [3.8, 4) is 0 Å². The fourth-order valence-corrected chi connectivity index (χ4v) is 1.75. The zero-order chi connectivity index (χ0) is 16.5. The van der Waals surface area contributed by atoms with Crippen LogP contribution in [0.3, 0.4) is 0 Å². The third-order valence-corrected chi connectivity index (χ3v) is 2.90. The van der Waals surface area contributed by atoms with E-state index in [1.807, 2.05) is 12.1 Å². The zero-order valence-corrected chi connectivity index (χ0v) is 12.7. The number of pyridine rings is 2. The van der Waals surface area contributed by atoms with Gasteiger partial charge in [0.15, 0.2) is 0 Å². The molecule has 7 heteroatoms. The summed E-state index contributed by atoms with van der Waals surface area (Å²) >= 11 is 0. The third kappa shape index (κ3) is 5.66. The molecule has 2 aromatic heterocycles. The van der Waals surface area contributed by atoms with Gasteiger partial charge in [-0.1, -0.05) is 6.07 Å². The van der Waals surface area contributed by atoms with Crippen molar-refractivity contribution < 1.29 is 9.59 Å². The summed E-state index contributed by atoms with van der Waals surface area (Å²) in [7, 11) is 0. The monoisotopic (exact) mass is 311 g/mol. The molecule has 2 aromatic rings. The number of hydrazone groups is 1. The molecule has 0 aliphatic heterocycles. The molecule has 0 saturated carbocycles. The molecule has 0 aliphatic rings. The second kappa shape index (κ2) is 8.38. The molecule has 0 radical (unpaired) electrons. The SMILES string of the molecule is C/C(CC(=O)NCc1cccnc1)=N\NC(=O)c1cccnc1. The van der Waals surface area contributed by atoms with E-state index >= 15 is 0 Å². The summed E-state index contributed by atoms with van der Waals surface area (Å²) in [6.45, 7) is 2.08. The van der Waals surface area contributed by atoms with Crippen LogP contribution in [0.5, 0.6) is 0 Å². The van der Waals surface area contributed by atoms with Crippen molar-refractivity contribution in [3.05, 3.63) is 60.2 Å². The summed E-state index contributed by atoms with van der Waals surface area (Å²) in [6, 6.07) is 6.98. The second-order valence-electron chi connectivity index (χ2n) is 4.84. The van der Waals surface area contributed by atoms with Gasteiger partial charge in [0.2, 0.25) is 5.91 Å². The average molecular weight is 311 g/mol. The van der Waals surface area contributed by atoms with E-state index in [1.165, 1.54) is 6.20 Å². The van der Waals surface area contributed by atoms with Gasteiger partial charge in [-0.2, -0.15) is 5.10 Å². The average Bonchev–Trinajstić information content (AvgIpc) is 2.59. The van der Waals surface area contributed by atoms with E-state index in [4.69, 9.17) is 0 Å². The van der Waals surface area contributed by atoms with E-state index in [-0.39, 0.29) is 18.2 Å². The number of nitrogens with one attached hydrogen (secondary N) is 2. The van der Waals surface area contributed by atoms with Gasteiger partial charge in [-0.15, -0.1) is 0 Å². The van der Waals surface area contributed by atoms with Crippen LogP contribution >= 0.6 is 0 Å². The Balaban J connectivity index is 1.78. The first-order chi connectivity index (χ1) is 11.1. The minimum Gasteiger partial charge on any atom is -0.352 e. The highest BCUT2D eigenvalue weighted by Gasteiger charge is 2.06. The maximum Gasteiger partial charge on any atom is 0.272 e. The first kappa shape index (κ1) is 16.3. The lowest BCUT2D eigenvalue weighted by molar-refractivity contribution is -0.120. The van der Waals surface area contributed by atoms with Crippen LogP contribution in [0, 0.1) is 0 Å². The minimum absolute atomic E-state index is 0.105. The molecular formula is C16H17N5O2. The van der Waals surface area contributed by atoms with E-state index in [0.29, 0.717) is 17.8 Å². The molecule has 0 saturated heterocycles. The van der Waals surface area contributed by atoms with Gasteiger partial charge in [0.05, 0.1) is 12.0 Å². The summed E-state index contributed by atoms with van der Waals surface area (Å²) in [5.74, 6) is -0.543. The zero-order valence-electron chi connectivity index (χ0n) is 12.7. The molecule has 23 heavy (non-hydrogen) atoms. The summed E-state index contributed by atoms with van der Waals surface area (Å²) in [4.78, 5) is 31.4. The fourth-order valence-electron chi connectivity index (χ4n) is 1.75. The quantitative estimate of drug-likeness (QED) is 0.620. The highest BCUT2D eigenvalue weighted by atomic mass is 16.2. The first-order valence-corrected chi connectivity index (χ1v) is 7.04. The number of hydrogen-bond donors (Lipinski definition) is 2. The Kier molecular flexibility index (Phi) is 5.93. The molecule has 0 atom stereocenters. The lowest BCUT2D eigenvalue weighted by Gasteiger charge is -2.05. The van der Waals surface area contributed by atoms with Crippen molar-refractivity contribution in [2.75, 3.05) is 0 Å². The predicted octanol–water partition coefficient (Wildman–Crippen LogP) is 1.29. The Bertz CT molecular complexity index is 686. The molecule has 0 fully saturated rings. The number of nitrogens with zero attached hydrogens (tertiary/aromatic N) is 3. The van der Waals surface area contributed by atoms with Crippen LogP contribution in [0.15, 0.2) is 54.2 Å². The largest absolute Gasteiger partial charge is 0.352 e. The van der Waals surface area contributed by atoms with E-state index in [2.05, 4.69) is 25.8 Å². The van der Waals surface area contributed by atoms with Crippen LogP contribution in [0.1, 0.15) is 29.3 Å². The first-order valence-electron chi connectivity index (χ1n) is 7.04. The Morgan fingerprint density at radius 3 is 2.52 bits per heavy atom. The number of hydrogen-bond acceptors (Lipinski definition) is 5. The smallest absolute Gasteiger partial charge is 0.272 e. The van der Waals surface area contributed by atoms with Crippen LogP contribution in [0.4, 0.5) is 0 Å². The standard InChI is InChI=1S/C16H17N5O2/c1-12(20-21-16(23)14-5-3-7-18-11-14)8-15(22)19-10-13-4-2-6-17-9-13/h2-7,9,11H,8,10H2,1H3,(H,19,22)(H,21,23)/b20-12+. The van der Waals surface area contributed by atoms with Gasteiger partial charge in [0.25, 0.3) is 5.91 Å². The molecule has 7 nitrogen and oxygen atoms in total. The molecule has 2 N–H and O–H groups in total. The normalized spacial score (nSPS) is 10.9. The van der Waals surface area contributed by atoms with Crippen molar-refractivity contribution in [2.45, 2.75) is 19.9 Å². The van der Waals surface area contributed by atoms with Crippen LogP contribution in [0.2, 0.25) is 0 Å². The second-order valence-corrected chi connectivity index (χ2v) is 4.84. The Morgan fingerprint density at radius 2 is 1.87 bits per heavy atom. The topological polar surface area (TPSA) is 96.3 Å². The van der Waals surface area contributed by atoms with Crippen molar-refractivity contribution in [3.63, 3.8) is 0 Å². The molecule has 0 bridgehead atoms. The van der Waals surface area contributed by atoms with E-state index in [0.717, 1.165) is 5.56 Å². The van der Waals surface area contributed by atoms with Crippen LogP contribution in [-0.2, 0) is 11.3 Å². The molecule has 0 aromatic carbocycles. The minimum atomic E-state index is -0.367. The Morgan fingerprint density at radius 1 is 1.13 bits per heavy atom. The van der Waals surface area contributed by atoms with Gasteiger partial charge in [0.1, 0.15) is 0 Å². The maximum atomic E-state index is 11.8. The maximum absolute atomic E-state index is 11.8. The molecule has 2 amide bonds. The molecule has 0 aliphatic carbocycles. The highest BCUT2D eigenvalue weighted by Crippen LogP contribution is 1.97. The summed E-state index contributed by atoms with van der Waals surface area (Å²) < 4.78 is 0. The van der Waals surface area contributed by atoms with Crippen molar-refractivity contribution in [1.29, 1.82) is 0 Å². The molecule has 0 unspecified atom stereocenters. The van der Waals surface area contributed by atoms with Crippen molar-refractivity contribution in [2.24, 2.45) is 5.10 Å². The summed E-state index contributed by atoms with van der Waals surface area (Å²) in [6.07, 6.45) is 6.49. The summed E-state index contributed by atoms with van der Waals surface area (Å²) in [5, 5.41) is 6.68. The van der Waals surface area contributed by atoms with Gasteiger partial charge in [-0.05, 0) is 30.7 Å². The van der Waals surface area contributed by atoms with Gasteiger partial charge in [-0.25, -0.2) is 5.43 Å². The highest BCUT2D eigenvalue weighted by molar-refractivity contribution is 6.01. The lowest BCUT2D eigenvalue weighted by atomic mass is 10.2. The van der Waals surface area contributed by atoms with Gasteiger partial charge >= 0.3 is 0 Å². The molecule has 118 valence electrons. The number of rotatable bonds is 6. The van der Waals surface area contributed by atoms with Crippen molar-refractivity contribution >= 4 is 17.5 Å². The van der Waals surface area contributed by atoms with Crippen molar-refractivity contribution in [1.82, 2.24) is 20.7 Å². The van der Waals surface area contributed by atoms with Gasteiger partial charge in [0, 0.05) is 37.0 Å². The number of carbonyl (C=O) groups is 2. The molecule has 2 rings (SSSR count). The Labute approximate surface area is 133 Å². The van der Waals surface area contributed by atoms with E-state index in [1.54, 1.807) is 37.6 Å². The van der Waals surface area contributed by atoms with E-state index < -0.39 is 0 Å². The molecular weight excluding hydrogens is 294 g/mol. The van der Waals surface area contributed by atoms with Crippen LogP contribution in [0.25, 0.3) is 0 Å². The predicted molar refractivity (Wildman–Crippen MR) is 85.5 cm³/mol. The lowest BCUT2D eigenvalue weighted by Crippen LogP contribution is -2.26.